The third kappa shape index (κ3) is 2.00. The molecule has 0 bridgehead atoms. The van der Waals surface area contributed by atoms with E-state index in [1.807, 2.05) is 0 Å². The number of morpholine rings is 1. The predicted octanol–water partition coefficient (Wildman–Crippen LogP) is 3.00. The van der Waals surface area contributed by atoms with Crippen LogP contribution in [-0.2, 0) is 4.74 Å². The van der Waals surface area contributed by atoms with Crippen molar-refractivity contribution in [1.82, 2.24) is 4.90 Å². The van der Waals surface area contributed by atoms with Gasteiger partial charge in [-0.2, -0.15) is 0 Å². The molecular weight excluding hydrogens is 210 g/mol. The van der Waals surface area contributed by atoms with Gasteiger partial charge in [0.05, 0.1) is 19.3 Å². The number of fused-ring (bicyclic) bond motifs is 1. The molecule has 0 unspecified atom stereocenters. The zero-order chi connectivity index (χ0) is 11.7. The maximum Gasteiger partial charge on any atom is 0.0664 e. The second-order valence-electron chi connectivity index (χ2n) is 5.24. The zero-order valence-corrected chi connectivity index (χ0v) is 10.5. The van der Waals surface area contributed by atoms with Crippen LogP contribution in [0.3, 0.4) is 0 Å². The van der Waals surface area contributed by atoms with Crippen LogP contribution in [0.4, 0.5) is 0 Å². The smallest absolute Gasteiger partial charge is 0.0664 e. The Labute approximate surface area is 104 Å². The molecule has 0 aromatic heterocycles. The maximum atomic E-state index is 5.76. The molecule has 2 heteroatoms. The van der Waals surface area contributed by atoms with Gasteiger partial charge in [0.25, 0.3) is 0 Å². The Morgan fingerprint density at radius 1 is 1.24 bits per heavy atom. The van der Waals surface area contributed by atoms with Gasteiger partial charge in [-0.05, 0) is 18.4 Å². The second-order valence-corrected chi connectivity index (χ2v) is 5.24. The Morgan fingerprint density at radius 3 is 2.82 bits per heavy atom. The molecule has 0 amide bonds. The van der Waals surface area contributed by atoms with E-state index in [4.69, 9.17) is 4.74 Å². The Kier molecular flexibility index (Phi) is 3.17. The molecule has 0 aliphatic carbocycles. The fraction of sp³-hybridized carbons (Fsp3) is 0.600. The molecule has 0 radical (unpaired) electrons. The summed E-state index contributed by atoms with van der Waals surface area (Å²) in [7, 11) is 0. The van der Waals surface area contributed by atoms with Crippen LogP contribution >= 0.6 is 0 Å². The monoisotopic (exact) mass is 231 g/mol. The van der Waals surface area contributed by atoms with Gasteiger partial charge in [-0.3, -0.25) is 4.90 Å². The number of nitrogens with zero attached hydrogens (tertiary/aromatic N) is 1. The molecule has 0 N–H and O–H groups in total. The zero-order valence-electron chi connectivity index (χ0n) is 10.5. The van der Waals surface area contributed by atoms with E-state index in [9.17, 15) is 0 Å². The first kappa shape index (κ1) is 11.2. The normalized spacial score (nSPS) is 32.9. The highest BCUT2D eigenvalue weighted by Crippen LogP contribution is 2.40. The summed E-state index contributed by atoms with van der Waals surface area (Å²) >= 11 is 0. The summed E-state index contributed by atoms with van der Waals surface area (Å²) in [6.07, 6.45) is 3.95. The van der Waals surface area contributed by atoms with Crippen molar-refractivity contribution in [2.75, 3.05) is 13.2 Å². The molecule has 3 rings (SSSR count). The van der Waals surface area contributed by atoms with Gasteiger partial charge in [-0.1, -0.05) is 43.7 Å². The molecule has 1 aromatic rings. The molecule has 17 heavy (non-hydrogen) atoms. The number of rotatable bonds is 3. The van der Waals surface area contributed by atoms with E-state index in [-0.39, 0.29) is 0 Å². The van der Waals surface area contributed by atoms with Gasteiger partial charge in [0.15, 0.2) is 0 Å². The SMILES string of the molecule is CCC[C@H]1C[C@H]2COC[C@@H](c3ccccc3)N21. The Hall–Kier alpha value is -0.860. The molecule has 2 aliphatic rings. The first-order chi connectivity index (χ1) is 8.40. The van der Waals surface area contributed by atoms with Crippen LogP contribution in [0.1, 0.15) is 37.8 Å². The summed E-state index contributed by atoms with van der Waals surface area (Å²) < 4.78 is 5.76. The second kappa shape index (κ2) is 4.79. The summed E-state index contributed by atoms with van der Waals surface area (Å²) in [5.41, 5.74) is 1.41. The Morgan fingerprint density at radius 2 is 2.06 bits per heavy atom. The lowest BCUT2D eigenvalue weighted by molar-refractivity contribution is -0.136. The lowest BCUT2D eigenvalue weighted by Crippen LogP contribution is -2.62. The largest absolute Gasteiger partial charge is 0.378 e. The van der Waals surface area contributed by atoms with E-state index < -0.39 is 0 Å². The number of ether oxygens (including phenoxy) is 1. The molecule has 2 nitrogen and oxygen atoms in total. The van der Waals surface area contributed by atoms with Crippen molar-refractivity contribution >= 4 is 0 Å². The summed E-state index contributed by atoms with van der Waals surface area (Å²) in [5.74, 6) is 0. The van der Waals surface area contributed by atoms with Crippen LogP contribution in [0.2, 0.25) is 0 Å². The highest BCUT2D eigenvalue weighted by atomic mass is 16.5. The van der Waals surface area contributed by atoms with Crippen molar-refractivity contribution < 1.29 is 4.74 Å². The van der Waals surface area contributed by atoms with Gasteiger partial charge in [0.1, 0.15) is 0 Å². The Bertz CT molecular complexity index is 364. The van der Waals surface area contributed by atoms with Gasteiger partial charge in [0, 0.05) is 12.1 Å². The summed E-state index contributed by atoms with van der Waals surface area (Å²) in [6.45, 7) is 4.08. The first-order valence-corrected chi connectivity index (χ1v) is 6.80. The minimum Gasteiger partial charge on any atom is -0.378 e. The molecule has 0 spiro atoms. The van der Waals surface area contributed by atoms with Crippen LogP contribution in [-0.4, -0.2) is 30.2 Å². The molecular formula is C15H21NO. The van der Waals surface area contributed by atoms with Crippen LogP contribution < -0.4 is 0 Å². The minimum atomic E-state index is 0.486. The third-order valence-corrected chi connectivity index (χ3v) is 4.14. The van der Waals surface area contributed by atoms with Gasteiger partial charge < -0.3 is 4.74 Å². The maximum absolute atomic E-state index is 5.76. The Balaban J connectivity index is 1.78. The van der Waals surface area contributed by atoms with Crippen molar-refractivity contribution in [1.29, 1.82) is 0 Å². The van der Waals surface area contributed by atoms with E-state index in [2.05, 4.69) is 42.2 Å². The van der Waals surface area contributed by atoms with Gasteiger partial charge in [-0.15, -0.1) is 0 Å². The van der Waals surface area contributed by atoms with Crippen LogP contribution in [0.15, 0.2) is 30.3 Å². The average molecular weight is 231 g/mol. The van der Waals surface area contributed by atoms with E-state index in [1.165, 1.54) is 24.8 Å². The molecule has 2 heterocycles. The molecule has 3 atom stereocenters. The standard InChI is InChI=1S/C15H21NO/c1-2-6-13-9-14-10-17-11-15(16(13)14)12-7-4-3-5-8-12/h3-5,7-8,13-15H,2,6,9-11H2,1H3/t13-,14-,15-/m0/s1. The molecule has 2 fully saturated rings. The topological polar surface area (TPSA) is 12.5 Å². The fourth-order valence-electron chi connectivity index (χ4n) is 3.33. The first-order valence-electron chi connectivity index (χ1n) is 6.80. The van der Waals surface area contributed by atoms with Crippen molar-refractivity contribution in [3.8, 4) is 0 Å². The summed E-state index contributed by atoms with van der Waals surface area (Å²) in [5, 5.41) is 0. The summed E-state index contributed by atoms with van der Waals surface area (Å²) in [4.78, 5) is 2.70. The molecule has 1 aromatic carbocycles. The molecule has 92 valence electrons. The number of benzene rings is 1. The fourth-order valence-corrected chi connectivity index (χ4v) is 3.33. The van der Waals surface area contributed by atoms with E-state index in [0.29, 0.717) is 12.1 Å². The highest BCUT2D eigenvalue weighted by Gasteiger charge is 2.44. The van der Waals surface area contributed by atoms with E-state index in [0.717, 1.165) is 19.3 Å². The molecule has 2 saturated heterocycles. The summed E-state index contributed by atoms with van der Waals surface area (Å²) in [6, 6.07) is 12.8. The van der Waals surface area contributed by atoms with Crippen LogP contribution in [0.5, 0.6) is 0 Å². The number of hydrogen-bond acceptors (Lipinski definition) is 2. The van der Waals surface area contributed by atoms with Crippen LogP contribution in [0.25, 0.3) is 0 Å². The quantitative estimate of drug-likeness (QED) is 0.793. The van der Waals surface area contributed by atoms with Gasteiger partial charge in [0.2, 0.25) is 0 Å². The lowest BCUT2D eigenvalue weighted by Gasteiger charge is -2.55. The van der Waals surface area contributed by atoms with E-state index in [1.54, 1.807) is 0 Å². The predicted molar refractivity (Wildman–Crippen MR) is 68.9 cm³/mol. The number of hydrogen-bond donors (Lipinski definition) is 0. The van der Waals surface area contributed by atoms with Gasteiger partial charge in [-0.25, -0.2) is 0 Å². The van der Waals surface area contributed by atoms with Crippen molar-refractivity contribution in [2.24, 2.45) is 0 Å². The van der Waals surface area contributed by atoms with Crippen LogP contribution in [0, 0.1) is 0 Å². The minimum absolute atomic E-state index is 0.486. The third-order valence-electron chi connectivity index (χ3n) is 4.14. The van der Waals surface area contributed by atoms with Crippen molar-refractivity contribution in [3.05, 3.63) is 35.9 Å². The van der Waals surface area contributed by atoms with Gasteiger partial charge >= 0.3 is 0 Å². The highest BCUT2D eigenvalue weighted by molar-refractivity contribution is 5.21. The molecule has 0 saturated carbocycles. The lowest BCUT2D eigenvalue weighted by atomic mass is 9.85. The van der Waals surface area contributed by atoms with Crippen molar-refractivity contribution in [2.45, 2.75) is 44.3 Å². The average Bonchev–Trinajstić information content (AvgIpc) is 2.36. The van der Waals surface area contributed by atoms with E-state index >= 15 is 0 Å². The van der Waals surface area contributed by atoms with Crippen molar-refractivity contribution in [3.63, 3.8) is 0 Å². The molecule has 2 aliphatic heterocycles.